The molecule has 0 N–H and O–H groups in total. The van der Waals surface area contributed by atoms with Crippen molar-refractivity contribution in [1.82, 2.24) is 0 Å². The second-order valence-corrected chi connectivity index (χ2v) is 7.56. The maximum atomic E-state index is 13.8. The fraction of sp³-hybridized carbons (Fsp3) is 0.368. The summed E-state index contributed by atoms with van der Waals surface area (Å²) in [4.78, 5) is 0. The largest absolute Gasteiger partial charge is 0.495 e. The van der Waals surface area contributed by atoms with Crippen molar-refractivity contribution in [1.29, 1.82) is 0 Å². The molecule has 6 heteroatoms. The van der Waals surface area contributed by atoms with E-state index < -0.39 is 18.3 Å². The fourth-order valence-electron chi connectivity index (χ4n) is 2.60. The second-order valence-electron chi connectivity index (χ2n) is 7.15. The highest BCUT2D eigenvalue weighted by Gasteiger charge is 2.52. The van der Waals surface area contributed by atoms with Crippen LogP contribution in [-0.4, -0.2) is 18.3 Å². The molecule has 0 aromatic heterocycles. The first-order valence-electron chi connectivity index (χ1n) is 8.21. The normalized spacial score (nSPS) is 18.4. The van der Waals surface area contributed by atoms with Crippen LogP contribution in [0.5, 0.6) is 5.75 Å². The van der Waals surface area contributed by atoms with E-state index in [4.69, 9.17) is 25.6 Å². The second kappa shape index (κ2) is 6.63. The molecule has 0 bridgehead atoms. The first-order valence-corrected chi connectivity index (χ1v) is 8.59. The number of hydrogen-bond donors (Lipinski definition) is 0. The van der Waals surface area contributed by atoms with E-state index in [1.54, 1.807) is 18.2 Å². The molecule has 1 fully saturated rings. The number of benzene rings is 2. The van der Waals surface area contributed by atoms with Crippen LogP contribution in [0.1, 0.15) is 33.3 Å². The Kier molecular flexibility index (Phi) is 4.84. The molecular weight excluding hydrogens is 341 g/mol. The number of rotatable bonds is 4. The van der Waals surface area contributed by atoms with Crippen molar-refractivity contribution in [2.45, 2.75) is 45.5 Å². The van der Waals surface area contributed by atoms with Gasteiger partial charge in [-0.1, -0.05) is 29.8 Å². The van der Waals surface area contributed by atoms with Gasteiger partial charge in [0.25, 0.3) is 0 Å². The summed E-state index contributed by atoms with van der Waals surface area (Å²) in [6, 6.07) is 11.8. The quantitative estimate of drug-likeness (QED) is 0.757. The van der Waals surface area contributed by atoms with Crippen molar-refractivity contribution >= 4 is 24.2 Å². The van der Waals surface area contributed by atoms with Crippen LogP contribution >= 0.6 is 11.6 Å². The van der Waals surface area contributed by atoms with Gasteiger partial charge in [-0.25, -0.2) is 4.39 Å². The zero-order valence-electron chi connectivity index (χ0n) is 14.8. The van der Waals surface area contributed by atoms with Crippen LogP contribution in [0, 0.1) is 5.82 Å². The molecule has 0 aliphatic carbocycles. The molecule has 2 aromatic carbocycles. The third-order valence-corrected chi connectivity index (χ3v) is 5.15. The maximum Gasteiger partial charge on any atom is 0.495 e. The van der Waals surface area contributed by atoms with Gasteiger partial charge in [-0.05, 0) is 63.0 Å². The molecule has 1 aliphatic heterocycles. The summed E-state index contributed by atoms with van der Waals surface area (Å²) in [5, 5.41) is 0.529. The monoisotopic (exact) mass is 362 g/mol. The van der Waals surface area contributed by atoms with Crippen molar-refractivity contribution in [3.05, 3.63) is 58.9 Å². The first kappa shape index (κ1) is 18.2. The topological polar surface area (TPSA) is 27.7 Å². The zero-order chi connectivity index (χ0) is 18.2. The standard InChI is InChI=1S/C19H21BClFO3/c1-18(2)19(3,4)25-20(24-18)15-11-14(22)10-9-13(15)12-23-17-8-6-5-7-16(17)21/h5-11H,12H2,1-4H3. The van der Waals surface area contributed by atoms with E-state index in [1.165, 1.54) is 12.1 Å². The molecule has 0 radical (unpaired) electrons. The summed E-state index contributed by atoms with van der Waals surface area (Å²) in [5.74, 6) is 0.236. The highest BCUT2D eigenvalue weighted by Crippen LogP contribution is 2.36. The van der Waals surface area contributed by atoms with Crippen molar-refractivity contribution in [3.63, 3.8) is 0 Å². The smallest absolute Gasteiger partial charge is 0.487 e. The molecule has 1 heterocycles. The molecule has 25 heavy (non-hydrogen) atoms. The van der Waals surface area contributed by atoms with Crippen LogP contribution in [0.15, 0.2) is 42.5 Å². The van der Waals surface area contributed by atoms with Crippen LogP contribution < -0.4 is 10.2 Å². The lowest BCUT2D eigenvalue weighted by atomic mass is 9.76. The number of ether oxygens (including phenoxy) is 1. The Morgan fingerprint density at radius 1 is 1.04 bits per heavy atom. The lowest BCUT2D eigenvalue weighted by Crippen LogP contribution is -2.41. The van der Waals surface area contributed by atoms with E-state index in [9.17, 15) is 4.39 Å². The molecule has 132 valence electrons. The first-order chi connectivity index (χ1) is 11.7. The highest BCUT2D eigenvalue weighted by atomic mass is 35.5. The lowest BCUT2D eigenvalue weighted by molar-refractivity contribution is 0.00578. The van der Waals surface area contributed by atoms with Gasteiger partial charge in [0, 0.05) is 0 Å². The number of para-hydroxylation sites is 1. The number of hydrogen-bond acceptors (Lipinski definition) is 3. The van der Waals surface area contributed by atoms with E-state index in [0.29, 0.717) is 16.2 Å². The molecule has 3 rings (SSSR count). The molecule has 1 aliphatic rings. The van der Waals surface area contributed by atoms with Crippen molar-refractivity contribution in [2.24, 2.45) is 0 Å². The van der Waals surface area contributed by atoms with E-state index >= 15 is 0 Å². The summed E-state index contributed by atoms with van der Waals surface area (Å²) in [7, 11) is -0.648. The molecule has 0 unspecified atom stereocenters. The molecule has 2 aromatic rings. The third-order valence-electron chi connectivity index (χ3n) is 4.83. The van der Waals surface area contributed by atoms with Crippen molar-refractivity contribution in [3.8, 4) is 5.75 Å². The van der Waals surface area contributed by atoms with E-state index in [-0.39, 0.29) is 12.4 Å². The average Bonchev–Trinajstić information content (AvgIpc) is 2.75. The highest BCUT2D eigenvalue weighted by molar-refractivity contribution is 6.62. The van der Waals surface area contributed by atoms with Gasteiger partial charge in [0.2, 0.25) is 0 Å². The van der Waals surface area contributed by atoms with Crippen molar-refractivity contribution in [2.75, 3.05) is 0 Å². The minimum atomic E-state index is -0.648. The van der Waals surface area contributed by atoms with Gasteiger partial charge >= 0.3 is 7.12 Å². The van der Waals surface area contributed by atoms with Crippen LogP contribution in [0.2, 0.25) is 5.02 Å². The molecule has 0 amide bonds. The van der Waals surface area contributed by atoms with Crippen LogP contribution in [-0.2, 0) is 15.9 Å². The molecular formula is C19H21BClFO3. The molecule has 0 saturated carbocycles. The fourth-order valence-corrected chi connectivity index (χ4v) is 2.79. The summed E-state index contributed by atoms with van der Waals surface area (Å²) in [5.41, 5.74) is 0.431. The van der Waals surface area contributed by atoms with Gasteiger partial charge in [-0.15, -0.1) is 0 Å². The van der Waals surface area contributed by atoms with Gasteiger partial charge in [0.05, 0.1) is 16.2 Å². The van der Waals surface area contributed by atoms with Crippen molar-refractivity contribution < 1.29 is 18.4 Å². The Bertz CT molecular complexity index is 763. The zero-order valence-corrected chi connectivity index (χ0v) is 15.6. The van der Waals surface area contributed by atoms with Crippen LogP contribution in [0.3, 0.4) is 0 Å². The SMILES string of the molecule is CC1(C)OB(c2cc(F)ccc2COc2ccccc2Cl)OC1(C)C. The minimum absolute atomic E-state index is 0.240. The average molecular weight is 363 g/mol. The maximum absolute atomic E-state index is 13.8. The van der Waals surface area contributed by atoms with Gasteiger partial charge in [0.1, 0.15) is 18.2 Å². The lowest BCUT2D eigenvalue weighted by Gasteiger charge is -2.32. The predicted octanol–water partition coefficient (Wildman–Crippen LogP) is 4.36. The van der Waals surface area contributed by atoms with Crippen LogP contribution in [0.25, 0.3) is 0 Å². The van der Waals surface area contributed by atoms with E-state index in [2.05, 4.69) is 0 Å². The van der Waals surface area contributed by atoms with Gasteiger partial charge in [0.15, 0.2) is 0 Å². The Morgan fingerprint density at radius 3 is 2.32 bits per heavy atom. The number of halogens is 2. The van der Waals surface area contributed by atoms with Crippen LogP contribution in [0.4, 0.5) is 4.39 Å². The summed E-state index contributed by atoms with van der Waals surface area (Å²) < 4.78 is 31.7. The predicted molar refractivity (Wildman–Crippen MR) is 97.9 cm³/mol. The summed E-state index contributed by atoms with van der Waals surface area (Å²) in [6.07, 6.45) is 0. The van der Waals surface area contributed by atoms with Gasteiger partial charge in [-0.3, -0.25) is 0 Å². The summed E-state index contributed by atoms with van der Waals surface area (Å²) >= 11 is 6.12. The van der Waals surface area contributed by atoms with E-state index in [1.807, 2.05) is 39.8 Å². The Morgan fingerprint density at radius 2 is 1.68 bits per heavy atom. The Labute approximate surface area is 153 Å². The molecule has 3 nitrogen and oxygen atoms in total. The Balaban J connectivity index is 1.86. The third kappa shape index (κ3) is 3.69. The molecule has 0 atom stereocenters. The Hall–Kier alpha value is -1.56. The summed E-state index contributed by atoms with van der Waals surface area (Å²) in [6.45, 7) is 8.10. The molecule has 1 saturated heterocycles. The van der Waals surface area contributed by atoms with Gasteiger partial charge in [-0.2, -0.15) is 0 Å². The van der Waals surface area contributed by atoms with E-state index in [0.717, 1.165) is 5.56 Å². The minimum Gasteiger partial charge on any atom is -0.487 e. The van der Waals surface area contributed by atoms with Gasteiger partial charge < -0.3 is 14.0 Å². The molecule has 0 spiro atoms.